The minimum Gasteiger partial charge on any atom is -0.495 e. The fourth-order valence-electron chi connectivity index (χ4n) is 4.33. The highest BCUT2D eigenvalue weighted by Crippen LogP contribution is 2.30. The van der Waals surface area contributed by atoms with Crippen LogP contribution in [0.15, 0.2) is 23.1 Å². The first-order chi connectivity index (χ1) is 16.2. The van der Waals surface area contributed by atoms with Gasteiger partial charge < -0.3 is 19.3 Å². The Balaban J connectivity index is 1.71. The molecule has 0 saturated carbocycles. The molecule has 3 rings (SSSR count). The number of piperidine rings is 1. The maximum absolute atomic E-state index is 13.1. The van der Waals surface area contributed by atoms with Gasteiger partial charge in [0.2, 0.25) is 15.9 Å². The Morgan fingerprint density at radius 2 is 1.82 bits per heavy atom. The van der Waals surface area contributed by atoms with E-state index in [1.807, 2.05) is 0 Å². The van der Waals surface area contributed by atoms with Crippen LogP contribution in [0.2, 0.25) is 0 Å². The van der Waals surface area contributed by atoms with Crippen molar-refractivity contribution in [3.63, 3.8) is 0 Å². The maximum atomic E-state index is 13.1. The molecule has 34 heavy (non-hydrogen) atoms. The van der Waals surface area contributed by atoms with Gasteiger partial charge in [0.15, 0.2) is 0 Å². The van der Waals surface area contributed by atoms with Gasteiger partial charge in [-0.1, -0.05) is 0 Å². The fourth-order valence-corrected chi connectivity index (χ4v) is 6.03. The first-order valence-electron chi connectivity index (χ1n) is 11.6. The number of carbonyl (C=O) groups is 3. The quantitative estimate of drug-likeness (QED) is 0.500. The summed E-state index contributed by atoms with van der Waals surface area (Å²) in [6.07, 6.45) is 2.93. The normalized spacial score (nSPS) is 19.0. The summed E-state index contributed by atoms with van der Waals surface area (Å²) in [6.45, 7) is 3.48. The summed E-state index contributed by atoms with van der Waals surface area (Å²) in [5.74, 6) is -1.26. The smallest absolute Gasteiger partial charge is 0.310 e. The predicted molar refractivity (Wildman–Crippen MR) is 124 cm³/mol. The highest BCUT2D eigenvalue weighted by Gasteiger charge is 2.32. The molecular formula is C23H33N3O7S. The number of esters is 1. The van der Waals surface area contributed by atoms with Gasteiger partial charge in [-0.25, -0.2) is 8.42 Å². The lowest BCUT2D eigenvalue weighted by molar-refractivity contribution is -0.151. The van der Waals surface area contributed by atoms with Crippen molar-refractivity contribution in [1.29, 1.82) is 0 Å². The molecule has 1 aromatic rings. The molecule has 11 heteroatoms. The van der Waals surface area contributed by atoms with Crippen molar-refractivity contribution in [2.24, 2.45) is 5.92 Å². The molecule has 0 aromatic heterocycles. The molecule has 2 aliphatic heterocycles. The predicted octanol–water partition coefficient (Wildman–Crippen LogP) is 1.35. The van der Waals surface area contributed by atoms with E-state index in [4.69, 9.17) is 9.47 Å². The topological polar surface area (TPSA) is 114 Å². The van der Waals surface area contributed by atoms with Crippen LogP contribution in [0.25, 0.3) is 0 Å². The van der Waals surface area contributed by atoms with Crippen LogP contribution in [0.4, 0.5) is 0 Å². The van der Waals surface area contributed by atoms with Crippen LogP contribution < -0.4 is 4.74 Å². The number of ether oxygens (including phenoxy) is 2. The molecule has 0 radical (unpaired) electrons. The number of likely N-dealkylation sites (N-methyl/N-ethyl adjacent to an activating group) is 1. The van der Waals surface area contributed by atoms with Crippen LogP contribution in [-0.2, 0) is 24.3 Å². The van der Waals surface area contributed by atoms with E-state index in [9.17, 15) is 22.8 Å². The van der Waals surface area contributed by atoms with Crippen molar-refractivity contribution in [3.8, 4) is 5.75 Å². The first kappa shape index (κ1) is 26.0. The molecule has 0 spiro atoms. The Bertz CT molecular complexity index is 1020. The van der Waals surface area contributed by atoms with E-state index in [2.05, 4.69) is 0 Å². The highest BCUT2D eigenvalue weighted by molar-refractivity contribution is 7.89. The molecule has 2 aliphatic rings. The van der Waals surface area contributed by atoms with Crippen molar-refractivity contribution in [2.75, 3.05) is 53.5 Å². The number of rotatable bonds is 8. The second-order valence-corrected chi connectivity index (χ2v) is 10.5. The molecule has 2 saturated heterocycles. The number of benzene rings is 1. The second-order valence-electron chi connectivity index (χ2n) is 8.57. The number of nitrogens with zero attached hydrogens (tertiary/aromatic N) is 3. The number of amides is 2. The summed E-state index contributed by atoms with van der Waals surface area (Å²) >= 11 is 0. The van der Waals surface area contributed by atoms with E-state index < -0.39 is 15.9 Å². The van der Waals surface area contributed by atoms with Crippen molar-refractivity contribution < 1.29 is 32.3 Å². The van der Waals surface area contributed by atoms with Crippen molar-refractivity contribution in [1.82, 2.24) is 14.1 Å². The van der Waals surface area contributed by atoms with Gasteiger partial charge in [-0.15, -0.1) is 0 Å². The van der Waals surface area contributed by atoms with E-state index in [1.54, 1.807) is 11.8 Å². The van der Waals surface area contributed by atoms with Gasteiger partial charge in [-0.2, -0.15) is 4.31 Å². The van der Waals surface area contributed by atoms with Gasteiger partial charge >= 0.3 is 5.97 Å². The van der Waals surface area contributed by atoms with Crippen molar-refractivity contribution in [3.05, 3.63) is 23.8 Å². The molecule has 1 atom stereocenters. The lowest BCUT2D eigenvalue weighted by Gasteiger charge is -2.32. The largest absolute Gasteiger partial charge is 0.495 e. The Morgan fingerprint density at radius 1 is 1.12 bits per heavy atom. The Labute approximate surface area is 200 Å². The molecule has 2 fully saturated rings. The van der Waals surface area contributed by atoms with Gasteiger partial charge in [0.25, 0.3) is 5.91 Å². The molecule has 0 bridgehead atoms. The SMILES string of the molecule is CCOC(=O)C1CCCN(C(=O)CN(C)C(=O)c2ccc(OC)c(S(=O)(=O)N3CCCC3)c2)C1. The van der Waals surface area contributed by atoms with Crippen molar-refractivity contribution in [2.45, 2.75) is 37.5 Å². The van der Waals surface area contributed by atoms with Crippen LogP contribution in [0.1, 0.15) is 43.0 Å². The van der Waals surface area contributed by atoms with Crippen molar-refractivity contribution >= 4 is 27.8 Å². The number of hydrogen-bond acceptors (Lipinski definition) is 7. The zero-order chi connectivity index (χ0) is 24.9. The van der Waals surface area contributed by atoms with Gasteiger partial charge in [0.1, 0.15) is 10.6 Å². The fraction of sp³-hybridized carbons (Fsp3) is 0.609. The average Bonchev–Trinajstić information content (AvgIpc) is 3.39. The average molecular weight is 496 g/mol. The number of sulfonamides is 1. The van der Waals surface area contributed by atoms with E-state index in [0.29, 0.717) is 32.5 Å². The summed E-state index contributed by atoms with van der Waals surface area (Å²) in [5.41, 5.74) is 0.150. The third-order valence-electron chi connectivity index (χ3n) is 6.21. The summed E-state index contributed by atoms with van der Waals surface area (Å²) in [4.78, 5) is 40.7. The zero-order valence-corrected chi connectivity index (χ0v) is 20.8. The molecule has 2 heterocycles. The summed E-state index contributed by atoms with van der Waals surface area (Å²) in [6, 6.07) is 4.26. The van der Waals surface area contributed by atoms with Crippen LogP contribution in [0.3, 0.4) is 0 Å². The van der Waals surface area contributed by atoms with Gasteiger partial charge in [-0.3, -0.25) is 14.4 Å². The van der Waals surface area contributed by atoms with Crippen LogP contribution in [-0.4, -0.2) is 93.8 Å². The lowest BCUT2D eigenvalue weighted by Crippen LogP contribution is -2.47. The minimum absolute atomic E-state index is 0.0595. The molecule has 1 aromatic carbocycles. The summed E-state index contributed by atoms with van der Waals surface area (Å²) < 4.78 is 37.9. The Kier molecular flexibility index (Phi) is 8.53. The van der Waals surface area contributed by atoms with Crippen LogP contribution in [0, 0.1) is 5.92 Å². The lowest BCUT2D eigenvalue weighted by atomic mass is 9.98. The standard InChI is InChI=1S/C23H33N3O7S/c1-4-33-23(29)18-8-7-11-25(15-18)21(27)16-24(2)22(28)17-9-10-19(32-3)20(14-17)34(30,31)26-12-5-6-13-26/h9-10,14,18H,4-8,11-13,15-16H2,1-3H3. The van der Waals surface area contributed by atoms with Gasteiger partial charge in [-0.05, 0) is 50.8 Å². The number of methoxy groups -OCH3 is 1. The zero-order valence-electron chi connectivity index (χ0n) is 20.0. The molecule has 10 nitrogen and oxygen atoms in total. The molecule has 2 amide bonds. The van der Waals surface area contributed by atoms with Crippen LogP contribution >= 0.6 is 0 Å². The number of hydrogen-bond donors (Lipinski definition) is 0. The summed E-state index contributed by atoms with van der Waals surface area (Å²) in [7, 11) is -0.930. The van der Waals surface area contributed by atoms with E-state index in [-0.39, 0.29) is 53.7 Å². The third kappa shape index (κ3) is 5.69. The summed E-state index contributed by atoms with van der Waals surface area (Å²) in [5, 5.41) is 0. The number of likely N-dealkylation sites (tertiary alicyclic amines) is 1. The highest BCUT2D eigenvalue weighted by atomic mass is 32.2. The Morgan fingerprint density at radius 3 is 2.47 bits per heavy atom. The molecule has 188 valence electrons. The minimum atomic E-state index is -3.80. The van der Waals surface area contributed by atoms with Gasteiger partial charge in [0, 0.05) is 38.8 Å². The third-order valence-corrected chi connectivity index (χ3v) is 8.13. The van der Waals surface area contributed by atoms with E-state index in [1.165, 1.54) is 41.6 Å². The first-order valence-corrected chi connectivity index (χ1v) is 13.0. The van der Waals surface area contributed by atoms with E-state index >= 15 is 0 Å². The molecule has 0 aliphatic carbocycles. The van der Waals surface area contributed by atoms with Crippen LogP contribution in [0.5, 0.6) is 5.75 Å². The maximum Gasteiger partial charge on any atom is 0.310 e. The second kappa shape index (κ2) is 11.2. The molecular weight excluding hydrogens is 462 g/mol. The monoisotopic (exact) mass is 495 g/mol. The molecule has 0 N–H and O–H groups in total. The van der Waals surface area contributed by atoms with Gasteiger partial charge in [0.05, 0.1) is 26.2 Å². The number of carbonyl (C=O) groups excluding carboxylic acids is 3. The Hall–Kier alpha value is -2.66. The van der Waals surface area contributed by atoms with E-state index in [0.717, 1.165) is 12.8 Å². The molecule has 1 unspecified atom stereocenters.